The van der Waals surface area contributed by atoms with E-state index in [0.717, 1.165) is 21.8 Å². The second kappa shape index (κ2) is 18.9. The van der Waals surface area contributed by atoms with Gasteiger partial charge in [0.15, 0.2) is 75.6 Å². The molecule has 5 aromatic rings. The van der Waals surface area contributed by atoms with Gasteiger partial charge in [0.2, 0.25) is 5.78 Å². The Morgan fingerprint density at radius 2 is 0.585 bits per heavy atom. The predicted octanol–water partition coefficient (Wildman–Crippen LogP) is 10.2. The van der Waals surface area contributed by atoms with Crippen LogP contribution in [0.25, 0.3) is 0 Å². The fourth-order valence-electron chi connectivity index (χ4n) is 8.62. The molecule has 0 N–H and O–H groups in total. The number of carbonyl (C=O) groups is 1. The maximum Gasteiger partial charge on any atom is 0.211 e. The molecule has 2 saturated carbocycles. The number of hydrogen-bond donors (Lipinski definition) is 0. The van der Waals surface area contributed by atoms with Crippen LogP contribution in [0, 0.1) is 116 Å². The van der Waals surface area contributed by atoms with Gasteiger partial charge in [-0.1, -0.05) is 30.3 Å². The first-order valence-electron chi connectivity index (χ1n) is 19.0. The van der Waals surface area contributed by atoms with Gasteiger partial charge in [-0.2, -0.15) is 0 Å². The molecule has 0 amide bonds. The van der Waals surface area contributed by atoms with Gasteiger partial charge in [0, 0.05) is 16.5 Å². The van der Waals surface area contributed by atoms with Crippen molar-refractivity contribution in [1.29, 1.82) is 0 Å². The van der Waals surface area contributed by atoms with E-state index in [9.17, 15) is 57.5 Å². The second-order valence-corrected chi connectivity index (χ2v) is 17.6. The van der Waals surface area contributed by atoms with Gasteiger partial charge in [0.1, 0.15) is 63.2 Å². The summed E-state index contributed by atoms with van der Waals surface area (Å²) in [5, 5.41) is 1.71. The van der Waals surface area contributed by atoms with Crippen LogP contribution >= 0.6 is 0 Å². The predicted molar refractivity (Wildman–Crippen MR) is 197 cm³/mol. The first-order chi connectivity index (χ1) is 30.5. The molecule has 7 rings (SSSR count). The lowest BCUT2D eigenvalue weighted by molar-refractivity contribution is 0.102. The molecule has 0 atom stereocenters. The van der Waals surface area contributed by atoms with E-state index in [1.807, 2.05) is 30.3 Å². The molecule has 0 aliphatic heterocycles. The summed E-state index contributed by atoms with van der Waals surface area (Å²) in [5.41, 5.74) is -13.4. The molecule has 5 aromatic carbocycles. The van der Waals surface area contributed by atoms with Crippen LogP contribution in [-0.2, 0) is 10.9 Å². The van der Waals surface area contributed by atoms with Crippen molar-refractivity contribution in [1.82, 2.24) is 0 Å². The van der Waals surface area contributed by atoms with Crippen LogP contribution in [-0.4, -0.2) is 28.2 Å². The quantitative estimate of drug-likeness (QED) is 0.0359. The van der Waals surface area contributed by atoms with Crippen LogP contribution in [0.3, 0.4) is 0 Å². The van der Waals surface area contributed by atoms with Crippen molar-refractivity contribution in [2.75, 3.05) is 5.75 Å². The summed E-state index contributed by atoms with van der Waals surface area (Å²) in [6.45, 7) is 0. The SMILES string of the molecule is Fc1c(F)c(F)c([B-](c2c(F)c(F)c(F)c(F)c2F)(c2c(F)c(F)c(F)c(F)c2F)c2c(F)c(F)c(F)c(F)c2F)c(F)c1F.O=C(C[S+](C1CCCC1)C1CCCC1)c1ccccc1. The fourth-order valence-corrected chi connectivity index (χ4v) is 12.0. The van der Waals surface area contributed by atoms with Crippen molar-refractivity contribution in [3.8, 4) is 0 Å². The normalized spacial score (nSPS) is 14.7. The molecule has 348 valence electrons. The molecule has 0 unspecified atom stereocenters. The second-order valence-electron chi connectivity index (χ2n) is 15.0. The third-order valence-corrected chi connectivity index (χ3v) is 14.8. The van der Waals surface area contributed by atoms with E-state index in [0.29, 0.717) is 16.7 Å². The van der Waals surface area contributed by atoms with E-state index >= 15 is 35.1 Å². The summed E-state index contributed by atoms with van der Waals surface area (Å²) in [6.07, 6.45) is 3.85. The molecule has 23 heteroatoms. The number of hydrogen-bond acceptors (Lipinski definition) is 1. The number of rotatable bonds is 9. The first-order valence-corrected chi connectivity index (χ1v) is 20.6. The Labute approximate surface area is 356 Å². The summed E-state index contributed by atoms with van der Waals surface area (Å²) in [5.74, 6) is -70.2. The Morgan fingerprint density at radius 1 is 0.369 bits per heavy atom. The van der Waals surface area contributed by atoms with Gasteiger partial charge in [-0.05, 0) is 51.4 Å². The topological polar surface area (TPSA) is 17.1 Å². The Morgan fingerprint density at radius 3 is 0.815 bits per heavy atom. The van der Waals surface area contributed by atoms with E-state index < -0.39 is 144 Å². The van der Waals surface area contributed by atoms with Crippen LogP contribution in [0.5, 0.6) is 0 Å². The monoisotopic (exact) mass is 968 g/mol. The minimum absolute atomic E-state index is 0.345. The van der Waals surface area contributed by atoms with Gasteiger partial charge in [-0.3, -0.25) is 4.79 Å². The summed E-state index contributed by atoms with van der Waals surface area (Å²) in [6, 6.07) is 9.91. The lowest BCUT2D eigenvalue weighted by Crippen LogP contribution is -2.81. The van der Waals surface area contributed by atoms with Crippen molar-refractivity contribution >= 4 is 44.7 Å². The third-order valence-electron chi connectivity index (χ3n) is 11.6. The van der Waals surface area contributed by atoms with Crippen LogP contribution in [0.1, 0.15) is 61.7 Å². The number of Topliss-reactive ketones (excluding diaryl/α,β-unsaturated/α-hetero) is 1. The summed E-state index contributed by atoms with van der Waals surface area (Å²) in [4.78, 5) is 12.6. The molecule has 2 aliphatic carbocycles. The Hall–Kier alpha value is -5.22. The average Bonchev–Trinajstić information content (AvgIpc) is 4.05. The van der Waals surface area contributed by atoms with Gasteiger partial charge in [0.25, 0.3) is 0 Å². The largest absolute Gasteiger partial charge is 0.289 e. The van der Waals surface area contributed by atoms with Crippen molar-refractivity contribution in [3.63, 3.8) is 0 Å². The van der Waals surface area contributed by atoms with E-state index in [4.69, 9.17) is 0 Å². The average molecular weight is 968 g/mol. The molecule has 1 nitrogen and oxygen atoms in total. The summed E-state index contributed by atoms with van der Waals surface area (Å²) in [7, 11) is 0.345. The standard InChI is InChI=1S/C24BF20.C18H25OS/c26-5-1(6(27)14(35)21(42)13(5)34)25(2-7(28)15(36)22(43)16(37)8(2)29,3-9(30)17(38)23(44)18(39)10(3)31)4-11(32)19(40)24(45)20(41)12(4)33;19-18(15-8-2-1-3-9-15)14-20(16-10-4-5-11-16)17-12-6-7-13-17/h;1-3,8-9,16-17H,4-7,10-14H2/q-1;+1. The van der Waals surface area contributed by atoms with Gasteiger partial charge in [-0.25, -0.2) is 87.8 Å². The van der Waals surface area contributed by atoms with E-state index in [-0.39, 0.29) is 0 Å². The highest BCUT2D eigenvalue weighted by molar-refractivity contribution is 7.98. The Balaban J connectivity index is 0.000000289. The van der Waals surface area contributed by atoms with Crippen molar-refractivity contribution in [2.45, 2.75) is 61.9 Å². The van der Waals surface area contributed by atoms with Gasteiger partial charge < -0.3 is 0 Å². The van der Waals surface area contributed by atoms with Gasteiger partial charge in [-0.15, -0.1) is 21.9 Å². The molecule has 0 aromatic heterocycles. The third kappa shape index (κ3) is 8.12. The molecule has 0 bridgehead atoms. The maximum atomic E-state index is 15.4. The van der Waals surface area contributed by atoms with Crippen molar-refractivity contribution < 1.29 is 92.6 Å². The molecule has 0 spiro atoms. The smallest absolute Gasteiger partial charge is 0.211 e. The zero-order chi connectivity index (χ0) is 48.1. The lowest BCUT2D eigenvalue weighted by atomic mass is 9.12. The number of carbonyl (C=O) groups excluding carboxylic acids is 1. The van der Waals surface area contributed by atoms with Crippen LogP contribution in [0.4, 0.5) is 87.8 Å². The van der Waals surface area contributed by atoms with Crippen LogP contribution in [0.2, 0.25) is 0 Å². The number of ketones is 1. The Bertz CT molecular complexity index is 2290. The zero-order valence-corrected chi connectivity index (χ0v) is 33.2. The van der Waals surface area contributed by atoms with Gasteiger partial charge in [0.05, 0.1) is 0 Å². The Kier molecular flexibility index (Phi) is 14.3. The molecule has 2 aliphatic rings. The lowest BCUT2D eigenvalue weighted by Gasteiger charge is -2.44. The van der Waals surface area contributed by atoms with Crippen molar-refractivity contribution in [2.24, 2.45) is 0 Å². The molecule has 0 heterocycles. The van der Waals surface area contributed by atoms with E-state index in [2.05, 4.69) is 0 Å². The fraction of sp³-hybridized carbons (Fsp3) is 0.262. The molecule has 0 saturated heterocycles. The molecule has 65 heavy (non-hydrogen) atoms. The number of benzene rings is 5. The highest BCUT2D eigenvalue weighted by Crippen LogP contribution is 2.36. The summed E-state index contributed by atoms with van der Waals surface area (Å²) < 4.78 is 294. The highest BCUT2D eigenvalue weighted by atomic mass is 32.2. The molecular formula is C42H25BF20OS. The molecular weight excluding hydrogens is 943 g/mol. The molecule has 2 fully saturated rings. The zero-order valence-electron chi connectivity index (χ0n) is 32.4. The maximum absolute atomic E-state index is 15.4. The minimum atomic E-state index is -7.22. The van der Waals surface area contributed by atoms with E-state index in [1.165, 1.54) is 51.4 Å². The molecule has 0 radical (unpaired) electrons. The number of halogens is 20. The summed E-state index contributed by atoms with van der Waals surface area (Å²) >= 11 is 0. The van der Waals surface area contributed by atoms with Crippen LogP contribution < -0.4 is 21.9 Å². The minimum Gasteiger partial charge on any atom is -0.289 e. The van der Waals surface area contributed by atoms with E-state index in [1.54, 1.807) is 0 Å². The highest BCUT2D eigenvalue weighted by Gasteiger charge is 2.52. The van der Waals surface area contributed by atoms with Crippen molar-refractivity contribution in [3.05, 3.63) is 152 Å². The van der Waals surface area contributed by atoms with Crippen LogP contribution in [0.15, 0.2) is 30.3 Å². The first kappa shape index (κ1) is 49.2. The van der Waals surface area contributed by atoms with Gasteiger partial charge >= 0.3 is 0 Å².